The maximum atomic E-state index is 4.83. The Morgan fingerprint density at radius 2 is 1.92 bits per heavy atom. The number of thiazole rings is 1. The fourth-order valence-electron chi connectivity index (χ4n) is 3.29. The van der Waals surface area contributed by atoms with Gasteiger partial charge in [0.15, 0.2) is 5.82 Å². The molecule has 1 aliphatic heterocycles. The van der Waals surface area contributed by atoms with Crippen LogP contribution in [0.5, 0.6) is 0 Å². The Hall–Kier alpha value is -2.34. The average Bonchev–Trinajstić information content (AvgIpc) is 3.08. The van der Waals surface area contributed by atoms with Gasteiger partial charge in [0.05, 0.1) is 5.01 Å². The van der Waals surface area contributed by atoms with Crippen LogP contribution in [0.3, 0.4) is 0 Å². The number of rotatable bonds is 3. The molecule has 4 heterocycles. The predicted molar refractivity (Wildman–Crippen MR) is 101 cm³/mol. The molecule has 0 amide bonds. The van der Waals surface area contributed by atoms with Crippen LogP contribution in [0.2, 0.25) is 0 Å². The third kappa shape index (κ3) is 3.54. The largest absolute Gasteiger partial charge is 0.356 e. The highest BCUT2D eigenvalue weighted by molar-refractivity contribution is 7.09. The minimum atomic E-state index is 0.493. The first-order valence-electron chi connectivity index (χ1n) is 8.62. The molecular weight excluding hydrogens is 330 g/mol. The van der Waals surface area contributed by atoms with Gasteiger partial charge >= 0.3 is 0 Å². The van der Waals surface area contributed by atoms with Crippen LogP contribution in [-0.2, 0) is 0 Å². The number of anilines is 1. The quantitative estimate of drug-likeness (QED) is 0.714. The topological polar surface area (TPSA) is 54.8 Å². The number of aromatic nitrogens is 4. The fourth-order valence-corrected chi connectivity index (χ4v) is 4.22. The summed E-state index contributed by atoms with van der Waals surface area (Å²) in [5, 5.41) is 3.40. The smallest absolute Gasteiger partial charge is 0.161 e. The molecule has 0 radical (unpaired) electrons. The van der Waals surface area contributed by atoms with Gasteiger partial charge in [0.25, 0.3) is 0 Å². The number of hydrogen-bond donors (Lipinski definition) is 0. The summed E-state index contributed by atoms with van der Waals surface area (Å²) in [4.78, 5) is 20.6. The molecule has 128 valence electrons. The summed E-state index contributed by atoms with van der Waals surface area (Å²) in [5.74, 6) is 2.27. The van der Waals surface area contributed by atoms with E-state index in [2.05, 4.69) is 33.2 Å². The van der Waals surface area contributed by atoms with E-state index in [0.717, 1.165) is 48.1 Å². The van der Waals surface area contributed by atoms with Crippen LogP contribution < -0.4 is 4.90 Å². The highest BCUT2D eigenvalue weighted by Gasteiger charge is 2.25. The van der Waals surface area contributed by atoms with E-state index in [4.69, 9.17) is 9.97 Å². The Labute approximate surface area is 151 Å². The first-order chi connectivity index (χ1) is 12.2. The lowest BCUT2D eigenvalue weighted by molar-refractivity contribution is 0.505. The highest BCUT2D eigenvalue weighted by atomic mass is 32.1. The summed E-state index contributed by atoms with van der Waals surface area (Å²) in [6.07, 6.45) is 5.92. The van der Waals surface area contributed by atoms with Crippen molar-refractivity contribution in [3.8, 4) is 11.4 Å². The van der Waals surface area contributed by atoms with Gasteiger partial charge in [0, 0.05) is 59.8 Å². The van der Waals surface area contributed by atoms with Crippen molar-refractivity contribution in [3.05, 3.63) is 52.4 Å². The van der Waals surface area contributed by atoms with Crippen LogP contribution in [0.15, 0.2) is 36.0 Å². The van der Waals surface area contributed by atoms with Gasteiger partial charge in [-0.1, -0.05) is 0 Å². The molecule has 1 fully saturated rings. The zero-order valence-corrected chi connectivity index (χ0v) is 15.3. The van der Waals surface area contributed by atoms with Crippen molar-refractivity contribution in [2.45, 2.75) is 32.6 Å². The molecule has 1 atom stereocenters. The van der Waals surface area contributed by atoms with Crippen molar-refractivity contribution >= 4 is 17.2 Å². The molecule has 0 bridgehead atoms. The highest BCUT2D eigenvalue weighted by Crippen LogP contribution is 2.31. The lowest BCUT2D eigenvalue weighted by Crippen LogP contribution is -2.35. The van der Waals surface area contributed by atoms with Gasteiger partial charge in [-0.05, 0) is 38.8 Å². The maximum Gasteiger partial charge on any atom is 0.161 e. The summed E-state index contributed by atoms with van der Waals surface area (Å²) < 4.78 is 0. The summed E-state index contributed by atoms with van der Waals surface area (Å²) in [7, 11) is 0. The molecule has 25 heavy (non-hydrogen) atoms. The van der Waals surface area contributed by atoms with Gasteiger partial charge < -0.3 is 4.90 Å². The molecule has 6 heteroatoms. The second-order valence-corrected chi connectivity index (χ2v) is 7.43. The van der Waals surface area contributed by atoms with E-state index in [9.17, 15) is 0 Å². The summed E-state index contributed by atoms with van der Waals surface area (Å²) in [6, 6.07) is 5.99. The molecule has 3 aromatic rings. The van der Waals surface area contributed by atoms with Gasteiger partial charge in [-0.25, -0.2) is 15.0 Å². The SMILES string of the molecule is Cc1cc(N2CCCC(c3nc(C)cs3)C2)nc(-c2ccncc2)n1. The van der Waals surface area contributed by atoms with E-state index in [-0.39, 0.29) is 0 Å². The standard InChI is InChI=1S/C19H21N5S/c1-13-10-17(23-18(21-13)15-5-7-20-8-6-15)24-9-3-4-16(11-24)19-22-14(2)12-25-19/h5-8,10,12,16H,3-4,9,11H2,1-2H3. The van der Waals surface area contributed by atoms with E-state index in [1.807, 2.05) is 19.1 Å². The second kappa shape index (κ2) is 6.88. The van der Waals surface area contributed by atoms with Crippen molar-refractivity contribution in [1.29, 1.82) is 0 Å². The summed E-state index contributed by atoms with van der Waals surface area (Å²) >= 11 is 1.78. The van der Waals surface area contributed by atoms with Crippen molar-refractivity contribution in [2.24, 2.45) is 0 Å². The minimum Gasteiger partial charge on any atom is -0.356 e. The lowest BCUT2D eigenvalue weighted by Gasteiger charge is -2.33. The van der Waals surface area contributed by atoms with Crippen LogP contribution in [0.25, 0.3) is 11.4 Å². The fraction of sp³-hybridized carbons (Fsp3) is 0.368. The first-order valence-corrected chi connectivity index (χ1v) is 9.50. The van der Waals surface area contributed by atoms with Gasteiger partial charge in [0.2, 0.25) is 0 Å². The van der Waals surface area contributed by atoms with Crippen LogP contribution >= 0.6 is 11.3 Å². The van der Waals surface area contributed by atoms with Crippen molar-refractivity contribution in [3.63, 3.8) is 0 Å². The van der Waals surface area contributed by atoms with Crippen LogP contribution in [0.1, 0.15) is 35.2 Å². The Bertz CT molecular complexity index is 861. The Balaban J connectivity index is 1.61. The zero-order chi connectivity index (χ0) is 17.2. The van der Waals surface area contributed by atoms with Crippen molar-refractivity contribution in [1.82, 2.24) is 19.9 Å². The zero-order valence-electron chi connectivity index (χ0n) is 14.5. The molecule has 5 nitrogen and oxygen atoms in total. The monoisotopic (exact) mass is 351 g/mol. The minimum absolute atomic E-state index is 0.493. The van der Waals surface area contributed by atoms with Crippen molar-refractivity contribution in [2.75, 3.05) is 18.0 Å². The Kier molecular flexibility index (Phi) is 4.44. The summed E-state index contributed by atoms with van der Waals surface area (Å²) in [6.45, 7) is 6.10. The molecule has 1 saturated heterocycles. The molecule has 0 N–H and O–H groups in total. The van der Waals surface area contributed by atoms with Crippen molar-refractivity contribution < 1.29 is 0 Å². The number of pyridine rings is 1. The Morgan fingerprint density at radius 1 is 1.08 bits per heavy atom. The van der Waals surface area contributed by atoms with Gasteiger partial charge in [-0.3, -0.25) is 4.98 Å². The average molecular weight is 351 g/mol. The first kappa shape index (κ1) is 16.1. The van der Waals surface area contributed by atoms with E-state index in [1.54, 1.807) is 23.7 Å². The van der Waals surface area contributed by atoms with Crippen LogP contribution in [0.4, 0.5) is 5.82 Å². The van der Waals surface area contributed by atoms with E-state index in [1.165, 1.54) is 11.4 Å². The molecule has 0 aliphatic carbocycles. The molecule has 1 aliphatic rings. The summed E-state index contributed by atoms with van der Waals surface area (Å²) in [5.41, 5.74) is 3.11. The molecular formula is C19H21N5S. The van der Waals surface area contributed by atoms with Gasteiger partial charge in [0.1, 0.15) is 5.82 Å². The third-order valence-electron chi connectivity index (χ3n) is 4.51. The number of hydrogen-bond acceptors (Lipinski definition) is 6. The third-order valence-corrected chi connectivity index (χ3v) is 5.64. The van der Waals surface area contributed by atoms with Gasteiger partial charge in [-0.15, -0.1) is 11.3 Å². The lowest BCUT2D eigenvalue weighted by atomic mass is 9.98. The Morgan fingerprint density at radius 3 is 2.68 bits per heavy atom. The molecule has 0 saturated carbocycles. The molecule has 0 aromatic carbocycles. The normalized spacial score (nSPS) is 17.7. The van der Waals surface area contributed by atoms with Crippen LogP contribution in [-0.4, -0.2) is 33.0 Å². The molecule has 1 unspecified atom stereocenters. The predicted octanol–water partition coefficient (Wildman–Crippen LogP) is 4.00. The number of aryl methyl sites for hydroxylation is 2. The van der Waals surface area contributed by atoms with Gasteiger partial charge in [-0.2, -0.15) is 0 Å². The number of nitrogens with zero attached hydrogens (tertiary/aromatic N) is 5. The number of piperidine rings is 1. The van der Waals surface area contributed by atoms with Crippen LogP contribution in [0, 0.1) is 13.8 Å². The maximum absolute atomic E-state index is 4.83. The van der Waals surface area contributed by atoms with E-state index < -0.39 is 0 Å². The molecule has 0 spiro atoms. The second-order valence-electron chi connectivity index (χ2n) is 6.54. The van der Waals surface area contributed by atoms with E-state index >= 15 is 0 Å². The molecule has 3 aromatic heterocycles. The van der Waals surface area contributed by atoms with E-state index in [0.29, 0.717) is 5.92 Å². The molecule has 4 rings (SSSR count).